The molecule has 2 aromatic rings. The SMILES string of the molecule is CC(=O)c1ccc(OCC(=O)N(CCC#N)c2ccc(Cl)c(C)c2)cc1. The minimum atomic E-state index is -0.266. The van der Waals surface area contributed by atoms with Gasteiger partial charge < -0.3 is 9.64 Å². The van der Waals surface area contributed by atoms with Crippen molar-refractivity contribution in [1.29, 1.82) is 5.26 Å². The lowest BCUT2D eigenvalue weighted by Crippen LogP contribution is -2.35. The number of amides is 1. The molecule has 0 spiro atoms. The Morgan fingerprint density at radius 2 is 1.88 bits per heavy atom. The number of Topliss-reactive ketones (excluding diaryl/α,β-unsaturated/α-hetero) is 1. The minimum absolute atomic E-state index is 0.0339. The van der Waals surface area contributed by atoms with E-state index in [0.717, 1.165) is 5.56 Å². The average Bonchev–Trinajstić information content (AvgIpc) is 2.63. The maximum Gasteiger partial charge on any atom is 0.264 e. The number of hydrogen-bond acceptors (Lipinski definition) is 4. The van der Waals surface area contributed by atoms with Crippen molar-refractivity contribution in [2.45, 2.75) is 20.3 Å². The van der Waals surface area contributed by atoms with Crippen molar-refractivity contribution in [2.75, 3.05) is 18.1 Å². The second kappa shape index (κ2) is 9.02. The lowest BCUT2D eigenvalue weighted by molar-refractivity contribution is -0.120. The summed E-state index contributed by atoms with van der Waals surface area (Å²) >= 11 is 6.04. The highest BCUT2D eigenvalue weighted by Crippen LogP contribution is 2.23. The predicted molar refractivity (Wildman–Crippen MR) is 101 cm³/mol. The average molecular weight is 371 g/mol. The Morgan fingerprint density at radius 1 is 1.19 bits per heavy atom. The summed E-state index contributed by atoms with van der Waals surface area (Å²) in [5, 5.41) is 9.47. The highest BCUT2D eigenvalue weighted by molar-refractivity contribution is 6.31. The van der Waals surface area contributed by atoms with E-state index in [1.807, 2.05) is 13.0 Å². The molecule has 0 bridgehead atoms. The van der Waals surface area contributed by atoms with E-state index in [9.17, 15) is 9.59 Å². The molecule has 0 radical (unpaired) electrons. The normalized spacial score (nSPS) is 10.1. The van der Waals surface area contributed by atoms with Crippen LogP contribution in [-0.4, -0.2) is 24.8 Å². The quantitative estimate of drug-likeness (QED) is 0.685. The van der Waals surface area contributed by atoms with E-state index < -0.39 is 0 Å². The minimum Gasteiger partial charge on any atom is -0.484 e. The number of rotatable bonds is 7. The van der Waals surface area contributed by atoms with Crippen LogP contribution in [0.25, 0.3) is 0 Å². The van der Waals surface area contributed by atoms with Crippen molar-refractivity contribution >= 4 is 29.0 Å². The molecule has 0 saturated carbocycles. The maximum absolute atomic E-state index is 12.6. The molecule has 0 unspecified atom stereocenters. The molecule has 0 aliphatic rings. The molecule has 0 saturated heterocycles. The molecular weight excluding hydrogens is 352 g/mol. The van der Waals surface area contributed by atoms with Gasteiger partial charge in [0.15, 0.2) is 12.4 Å². The number of benzene rings is 2. The molecule has 0 aliphatic heterocycles. The third kappa shape index (κ3) is 5.08. The number of ketones is 1. The van der Waals surface area contributed by atoms with Crippen LogP contribution in [0.4, 0.5) is 5.69 Å². The Bertz CT molecular complexity index is 841. The summed E-state index contributed by atoms with van der Waals surface area (Å²) in [4.78, 5) is 25.4. The van der Waals surface area contributed by atoms with E-state index in [4.69, 9.17) is 21.6 Å². The van der Waals surface area contributed by atoms with Gasteiger partial charge in [-0.15, -0.1) is 0 Å². The zero-order valence-electron chi connectivity index (χ0n) is 14.7. The molecule has 0 aromatic heterocycles. The Balaban J connectivity index is 2.09. The Kier molecular flexibility index (Phi) is 6.76. The van der Waals surface area contributed by atoms with Crippen molar-refractivity contribution in [2.24, 2.45) is 0 Å². The molecule has 0 heterocycles. The van der Waals surface area contributed by atoms with Crippen molar-refractivity contribution < 1.29 is 14.3 Å². The standard InChI is InChI=1S/C20H19ClN2O3/c1-14-12-17(6-9-19(14)21)23(11-3-10-22)20(25)13-26-18-7-4-16(5-8-18)15(2)24/h4-9,12H,3,11,13H2,1-2H3. The third-order valence-electron chi connectivity index (χ3n) is 3.82. The highest BCUT2D eigenvalue weighted by atomic mass is 35.5. The van der Waals surface area contributed by atoms with Gasteiger partial charge in [0, 0.05) is 22.8 Å². The van der Waals surface area contributed by atoms with Gasteiger partial charge in [-0.3, -0.25) is 9.59 Å². The summed E-state index contributed by atoms with van der Waals surface area (Å²) in [5.41, 5.74) is 2.10. The van der Waals surface area contributed by atoms with Crippen LogP contribution in [0, 0.1) is 18.3 Å². The first-order chi connectivity index (χ1) is 12.4. The van der Waals surface area contributed by atoms with Crippen LogP contribution in [0.15, 0.2) is 42.5 Å². The molecular formula is C20H19ClN2O3. The van der Waals surface area contributed by atoms with Gasteiger partial charge in [-0.2, -0.15) is 5.26 Å². The van der Waals surface area contributed by atoms with Crippen LogP contribution in [0.1, 0.15) is 29.3 Å². The number of carbonyl (C=O) groups is 2. The van der Waals surface area contributed by atoms with E-state index in [0.29, 0.717) is 22.0 Å². The molecule has 5 nitrogen and oxygen atoms in total. The van der Waals surface area contributed by atoms with E-state index in [-0.39, 0.29) is 31.3 Å². The largest absolute Gasteiger partial charge is 0.484 e. The number of halogens is 1. The molecule has 0 aliphatic carbocycles. The first kappa shape index (κ1) is 19.5. The number of hydrogen-bond donors (Lipinski definition) is 0. The zero-order chi connectivity index (χ0) is 19.1. The third-order valence-corrected chi connectivity index (χ3v) is 4.25. The maximum atomic E-state index is 12.6. The van der Waals surface area contributed by atoms with Gasteiger partial charge in [0.1, 0.15) is 5.75 Å². The fourth-order valence-electron chi connectivity index (χ4n) is 2.37. The molecule has 0 fully saturated rings. The van der Waals surface area contributed by atoms with Gasteiger partial charge in [0.05, 0.1) is 12.5 Å². The zero-order valence-corrected chi connectivity index (χ0v) is 15.4. The number of anilines is 1. The molecule has 2 rings (SSSR count). The first-order valence-corrected chi connectivity index (χ1v) is 8.47. The van der Waals surface area contributed by atoms with Crippen molar-refractivity contribution in [3.8, 4) is 11.8 Å². The molecule has 1 amide bonds. The second-order valence-electron chi connectivity index (χ2n) is 5.76. The summed E-state index contributed by atoms with van der Waals surface area (Å²) in [7, 11) is 0. The first-order valence-electron chi connectivity index (χ1n) is 8.09. The summed E-state index contributed by atoms with van der Waals surface area (Å²) < 4.78 is 5.53. The van der Waals surface area contributed by atoms with Crippen LogP contribution < -0.4 is 9.64 Å². The van der Waals surface area contributed by atoms with E-state index in [1.54, 1.807) is 42.5 Å². The van der Waals surface area contributed by atoms with E-state index in [2.05, 4.69) is 0 Å². The molecule has 0 atom stereocenters. The van der Waals surface area contributed by atoms with E-state index in [1.165, 1.54) is 11.8 Å². The van der Waals surface area contributed by atoms with Crippen molar-refractivity contribution in [3.05, 3.63) is 58.6 Å². The monoisotopic (exact) mass is 370 g/mol. The fraction of sp³-hybridized carbons (Fsp3) is 0.250. The predicted octanol–water partition coefficient (Wildman–Crippen LogP) is 4.18. The summed E-state index contributed by atoms with van der Waals surface area (Å²) in [6.07, 6.45) is 0.209. The highest BCUT2D eigenvalue weighted by Gasteiger charge is 2.17. The van der Waals surface area contributed by atoms with Crippen LogP contribution in [0.2, 0.25) is 5.02 Å². The number of aryl methyl sites for hydroxylation is 1. The Hall–Kier alpha value is -2.84. The lowest BCUT2D eigenvalue weighted by Gasteiger charge is -2.22. The van der Waals surface area contributed by atoms with Crippen LogP contribution >= 0.6 is 11.6 Å². The topological polar surface area (TPSA) is 70.4 Å². The van der Waals surface area contributed by atoms with Gasteiger partial charge in [-0.1, -0.05) is 11.6 Å². The fourth-order valence-corrected chi connectivity index (χ4v) is 2.48. The number of nitrogens with zero attached hydrogens (tertiary/aromatic N) is 2. The van der Waals surface area contributed by atoms with Crippen LogP contribution in [0.5, 0.6) is 5.75 Å². The van der Waals surface area contributed by atoms with Gasteiger partial charge in [0.25, 0.3) is 5.91 Å². The summed E-state index contributed by atoms with van der Waals surface area (Å²) in [6.45, 7) is 3.43. The van der Waals surface area contributed by atoms with Crippen LogP contribution in [-0.2, 0) is 4.79 Å². The van der Waals surface area contributed by atoms with Crippen molar-refractivity contribution in [3.63, 3.8) is 0 Å². The van der Waals surface area contributed by atoms with Gasteiger partial charge in [-0.05, 0) is 61.9 Å². The van der Waals surface area contributed by atoms with Gasteiger partial charge in [-0.25, -0.2) is 0 Å². The molecule has 0 N–H and O–H groups in total. The van der Waals surface area contributed by atoms with Crippen molar-refractivity contribution in [1.82, 2.24) is 0 Å². The Labute approximate surface area is 157 Å². The second-order valence-corrected chi connectivity index (χ2v) is 6.16. The van der Waals surface area contributed by atoms with Crippen LogP contribution in [0.3, 0.4) is 0 Å². The summed E-state index contributed by atoms with van der Waals surface area (Å²) in [6, 6.07) is 13.9. The van der Waals surface area contributed by atoms with Gasteiger partial charge in [0.2, 0.25) is 0 Å². The molecule has 26 heavy (non-hydrogen) atoms. The van der Waals surface area contributed by atoms with E-state index >= 15 is 0 Å². The molecule has 6 heteroatoms. The summed E-state index contributed by atoms with van der Waals surface area (Å²) in [5.74, 6) is 0.196. The van der Waals surface area contributed by atoms with Gasteiger partial charge >= 0.3 is 0 Å². The number of nitriles is 1. The lowest BCUT2D eigenvalue weighted by atomic mass is 10.1. The molecule has 134 valence electrons. The Morgan fingerprint density at radius 3 is 2.46 bits per heavy atom. The number of carbonyl (C=O) groups excluding carboxylic acids is 2. The smallest absolute Gasteiger partial charge is 0.264 e. The number of ether oxygens (including phenoxy) is 1. The molecule has 2 aromatic carbocycles.